The van der Waals surface area contributed by atoms with E-state index in [2.05, 4.69) is 19.9 Å². The van der Waals surface area contributed by atoms with Crippen LogP contribution in [0.5, 0.6) is 0 Å². The zero-order valence-electron chi connectivity index (χ0n) is 8.24. The summed E-state index contributed by atoms with van der Waals surface area (Å²) in [6.07, 6.45) is 1.39. The Bertz CT molecular complexity index is 467. The van der Waals surface area contributed by atoms with Crippen molar-refractivity contribution in [3.05, 3.63) is 6.33 Å². The lowest BCUT2D eigenvalue weighted by Crippen LogP contribution is -2.20. The lowest BCUT2D eigenvalue weighted by Gasteiger charge is -2.12. The minimum Gasteiger partial charge on any atom is -0.382 e. The molecule has 0 aliphatic heterocycles. The van der Waals surface area contributed by atoms with Crippen molar-refractivity contribution in [2.45, 2.75) is 0 Å². The number of rotatable bonds is 3. The highest BCUT2D eigenvalue weighted by molar-refractivity contribution is 6.18. The molecule has 0 saturated heterocycles. The maximum atomic E-state index is 5.68. The molecule has 0 aromatic carbocycles. The minimum atomic E-state index is 0.401. The first-order chi connectivity index (χ1) is 7.22. The summed E-state index contributed by atoms with van der Waals surface area (Å²) >= 11 is 5.64. The Morgan fingerprint density at radius 2 is 2.33 bits per heavy atom. The highest BCUT2D eigenvalue weighted by Gasteiger charge is 2.09. The molecule has 2 heterocycles. The summed E-state index contributed by atoms with van der Waals surface area (Å²) in [6, 6.07) is 0. The monoisotopic (exact) mass is 226 g/mol. The van der Waals surface area contributed by atoms with Gasteiger partial charge in [0.25, 0.3) is 0 Å². The second-order valence-corrected chi connectivity index (χ2v) is 3.51. The third kappa shape index (κ3) is 1.80. The van der Waals surface area contributed by atoms with E-state index in [1.807, 2.05) is 11.9 Å². The summed E-state index contributed by atoms with van der Waals surface area (Å²) in [5, 5.41) is 0. The van der Waals surface area contributed by atoms with Crippen molar-refractivity contribution in [2.75, 3.05) is 30.1 Å². The number of alkyl halides is 1. The van der Waals surface area contributed by atoms with Gasteiger partial charge in [-0.3, -0.25) is 0 Å². The maximum Gasteiger partial charge on any atom is 0.205 e. The normalized spacial score (nSPS) is 10.8. The van der Waals surface area contributed by atoms with Crippen molar-refractivity contribution < 1.29 is 0 Å². The number of hydrogen-bond donors (Lipinski definition) is 2. The highest BCUT2D eigenvalue weighted by Crippen LogP contribution is 2.17. The molecule has 0 unspecified atom stereocenters. The van der Waals surface area contributed by atoms with Crippen LogP contribution in [0.25, 0.3) is 11.2 Å². The van der Waals surface area contributed by atoms with Gasteiger partial charge in [-0.2, -0.15) is 4.98 Å². The SMILES string of the molecule is CN(CCCl)c1nc2ncnc(N)c2[nH]1. The maximum absolute atomic E-state index is 5.68. The fourth-order valence-corrected chi connectivity index (χ4v) is 1.50. The van der Waals surface area contributed by atoms with Gasteiger partial charge in [0.1, 0.15) is 11.8 Å². The summed E-state index contributed by atoms with van der Waals surface area (Å²) in [6.45, 7) is 0.703. The van der Waals surface area contributed by atoms with Crippen LogP contribution in [0, 0.1) is 0 Å². The summed E-state index contributed by atoms with van der Waals surface area (Å²) < 4.78 is 0. The Morgan fingerprint density at radius 3 is 3.00 bits per heavy atom. The first-order valence-corrected chi connectivity index (χ1v) is 4.99. The first-order valence-electron chi connectivity index (χ1n) is 4.45. The minimum absolute atomic E-state index is 0.401. The van der Waals surface area contributed by atoms with Crippen molar-refractivity contribution >= 4 is 34.5 Å². The van der Waals surface area contributed by atoms with E-state index in [1.54, 1.807) is 0 Å². The average molecular weight is 227 g/mol. The van der Waals surface area contributed by atoms with Crippen molar-refractivity contribution in [1.82, 2.24) is 19.9 Å². The Labute approximate surface area is 91.5 Å². The molecule has 0 spiro atoms. The molecule has 15 heavy (non-hydrogen) atoms. The Balaban J connectivity index is 2.43. The smallest absolute Gasteiger partial charge is 0.205 e. The lowest BCUT2D eigenvalue weighted by atomic mass is 10.5. The molecule has 0 fully saturated rings. The highest BCUT2D eigenvalue weighted by atomic mass is 35.5. The molecule has 7 heteroatoms. The number of H-pyrrole nitrogens is 1. The topological polar surface area (TPSA) is 83.7 Å². The number of nitrogens with zero attached hydrogens (tertiary/aromatic N) is 4. The molecular weight excluding hydrogens is 216 g/mol. The molecule has 0 saturated carbocycles. The summed E-state index contributed by atoms with van der Waals surface area (Å²) in [4.78, 5) is 17.1. The number of anilines is 2. The average Bonchev–Trinajstić information content (AvgIpc) is 2.63. The number of halogens is 1. The largest absolute Gasteiger partial charge is 0.382 e. The molecule has 2 aromatic heterocycles. The molecule has 3 N–H and O–H groups in total. The van der Waals surface area contributed by atoms with Gasteiger partial charge in [0, 0.05) is 19.5 Å². The molecule has 0 bridgehead atoms. The first kappa shape index (κ1) is 9.97. The van der Waals surface area contributed by atoms with Crippen molar-refractivity contribution in [3.8, 4) is 0 Å². The third-order valence-electron chi connectivity index (χ3n) is 2.09. The number of aromatic nitrogens is 4. The van der Waals surface area contributed by atoms with E-state index in [1.165, 1.54) is 6.33 Å². The lowest BCUT2D eigenvalue weighted by molar-refractivity contribution is 0.927. The van der Waals surface area contributed by atoms with E-state index in [4.69, 9.17) is 17.3 Å². The van der Waals surface area contributed by atoms with Crippen LogP contribution in [0.15, 0.2) is 6.33 Å². The van der Waals surface area contributed by atoms with Gasteiger partial charge in [0.2, 0.25) is 5.95 Å². The van der Waals surface area contributed by atoms with E-state index in [0.29, 0.717) is 35.4 Å². The third-order valence-corrected chi connectivity index (χ3v) is 2.26. The number of nitrogens with one attached hydrogen (secondary N) is 1. The van der Waals surface area contributed by atoms with Gasteiger partial charge in [0.15, 0.2) is 11.5 Å². The van der Waals surface area contributed by atoms with Crippen LogP contribution >= 0.6 is 11.6 Å². The van der Waals surface area contributed by atoms with Crippen LogP contribution in [0.3, 0.4) is 0 Å². The van der Waals surface area contributed by atoms with E-state index in [0.717, 1.165) is 0 Å². The second-order valence-electron chi connectivity index (χ2n) is 3.13. The van der Waals surface area contributed by atoms with Gasteiger partial charge < -0.3 is 15.6 Å². The van der Waals surface area contributed by atoms with Crippen LogP contribution < -0.4 is 10.6 Å². The molecule has 0 aliphatic carbocycles. The van der Waals surface area contributed by atoms with Gasteiger partial charge >= 0.3 is 0 Å². The van der Waals surface area contributed by atoms with Crippen LogP contribution in [0.4, 0.5) is 11.8 Å². The number of nitrogens with two attached hydrogens (primary N) is 1. The Kier molecular flexibility index (Phi) is 2.59. The summed E-state index contributed by atoms with van der Waals surface area (Å²) in [5.41, 5.74) is 6.91. The van der Waals surface area contributed by atoms with Crippen molar-refractivity contribution in [1.29, 1.82) is 0 Å². The van der Waals surface area contributed by atoms with Crippen LogP contribution in [0.1, 0.15) is 0 Å². The van der Waals surface area contributed by atoms with Gasteiger partial charge in [-0.1, -0.05) is 0 Å². The standard InChI is InChI=1S/C8H11ClN6/c1-15(3-2-9)8-13-5-6(10)11-4-12-7(5)14-8/h4H,2-3H2,1H3,(H3,10,11,12,13,14). The van der Waals surface area contributed by atoms with E-state index in [9.17, 15) is 0 Å². The molecule has 0 atom stereocenters. The van der Waals surface area contributed by atoms with Crippen LogP contribution in [-0.4, -0.2) is 39.4 Å². The van der Waals surface area contributed by atoms with Crippen LogP contribution in [-0.2, 0) is 0 Å². The zero-order valence-corrected chi connectivity index (χ0v) is 8.99. The van der Waals surface area contributed by atoms with Gasteiger partial charge in [0.05, 0.1) is 0 Å². The zero-order chi connectivity index (χ0) is 10.8. The van der Waals surface area contributed by atoms with Gasteiger partial charge in [-0.15, -0.1) is 11.6 Å². The molecule has 6 nitrogen and oxygen atoms in total. The predicted molar refractivity (Wildman–Crippen MR) is 60.1 cm³/mol. The van der Waals surface area contributed by atoms with Crippen LogP contribution in [0.2, 0.25) is 0 Å². The summed E-state index contributed by atoms with van der Waals surface area (Å²) in [5.74, 6) is 1.63. The number of imidazole rings is 1. The van der Waals surface area contributed by atoms with Crippen molar-refractivity contribution in [3.63, 3.8) is 0 Å². The molecule has 80 valence electrons. The molecule has 0 amide bonds. The fraction of sp³-hybridized carbons (Fsp3) is 0.375. The molecule has 2 aromatic rings. The predicted octanol–water partition coefficient (Wildman–Crippen LogP) is 0.610. The number of hydrogen-bond acceptors (Lipinski definition) is 5. The Hall–Kier alpha value is -1.56. The molecule has 0 aliphatic rings. The second kappa shape index (κ2) is 3.90. The van der Waals surface area contributed by atoms with Crippen molar-refractivity contribution in [2.24, 2.45) is 0 Å². The molecule has 2 rings (SSSR count). The number of aromatic amines is 1. The number of fused-ring (bicyclic) bond motifs is 1. The van der Waals surface area contributed by atoms with Gasteiger partial charge in [-0.05, 0) is 0 Å². The quantitative estimate of drug-likeness (QED) is 0.750. The van der Waals surface area contributed by atoms with E-state index < -0.39 is 0 Å². The van der Waals surface area contributed by atoms with E-state index >= 15 is 0 Å². The van der Waals surface area contributed by atoms with E-state index in [-0.39, 0.29) is 0 Å². The molecular formula is C8H11ClN6. The fourth-order valence-electron chi connectivity index (χ4n) is 1.25. The molecule has 0 radical (unpaired) electrons. The summed E-state index contributed by atoms with van der Waals surface area (Å²) in [7, 11) is 1.89. The Morgan fingerprint density at radius 1 is 1.53 bits per heavy atom. The van der Waals surface area contributed by atoms with Gasteiger partial charge in [-0.25, -0.2) is 9.97 Å². The number of nitrogen functional groups attached to an aromatic ring is 1.